The van der Waals surface area contributed by atoms with Crippen LogP contribution in [0.15, 0.2) is 0 Å². The summed E-state index contributed by atoms with van der Waals surface area (Å²) in [7, 11) is 0. The maximum atomic E-state index is 7.38. The van der Waals surface area contributed by atoms with Crippen molar-refractivity contribution in [1.82, 2.24) is 0 Å². The van der Waals surface area contributed by atoms with Crippen LogP contribution in [0.5, 0.6) is 0 Å². The molecule has 0 atom stereocenters. The molecule has 0 aliphatic carbocycles. The second-order valence-corrected chi connectivity index (χ2v) is 0.418. The molecular weight excluding hydrogens is 79.0 g/mol. The zero-order valence-electron chi connectivity index (χ0n) is 2.56. The van der Waals surface area contributed by atoms with Crippen LogP contribution in [-0.4, -0.2) is 41.4 Å². The predicted molar refractivity (Wildman–Crippen MR) is 21.4 cm³/mol. The first-order valence-corrected chi connectivity index (χ1v) is 1.18. The number of rotatable bonds is 1. The number of hydrogen-bond donors (Lipinski definition) is 1. The zero-order chi connectivity index (χ0) is 3.41. The number of hydrogen-bond acceptors (Lipinski definition) is 2. The molecule has 5 heavy (non-hydrogen) atoms. The first-order valence-electron chi connectivity index (χ1n) is 1.18. The Morgan fingerprint density at radius 1 is 1.80 bits per heavy atom. The molecule has 3 heteroatoms. The van der Waals surface area contributed by atoms with Crippen molar-refractivity contribution in [3.8, 4) is 0 Å². The Labute approximate surface area is 53.4 Å². The van der Waals surface area contributed by atoms with Crippen LogP contribution in [0.4, 0.5) is 0 Å². The molecule has 0 heterocycles. The molecule has 0 unspecified atom stereocenters. The van der Waals surface area contributed by atoms with E-state index in [1.807, 2.05) is 0 Å². The summed E-state index contributed by atoms with van der Waals surface area (Å²) in [5, 5.41) is 7.38. The fraction of sp³-hybridized carbons (Fsp3) is 1.00. The van der Waals surface area contributed by atoms with E-state index in [1.54, 1.807) is 6.92 Å². The van der Waals surface area contributed by atoms with Crippen LogP contribution in [0.25, 0.3) is 0 Å². The van der Waals surface area contributed by atoms with Crippen LogP contribution in [0.3, 0.4) is 0 Å². The van der Waals surface area contributed by atoms with Gasteiger partial charge >= 0.3 is 29.6 Å². The minimum absolute atomic E-state index is 0. The molecule has 2 nitrogen and oxygen atoms in total. The van der Waals surface area contributed by atoms with Crippen molar-refractivity contribution in [3.63, 3.8) is 0 Å². The van der Waals surface area contributed by atoms with Gasteiger partial charge in [0, 0.05) is 0 Å². The van der Waals surface area contributed by atoms with E-state index in [9.17, 15) is 0 Å². The average Bonchev–Trinajstić information content (AvgIpc) is 1.37. The van der Waals surface area contributed by atoms with E-state index in [2.05, 4.69) is 4.89 Å². The Morgan fingerprint density at radius 3 is 2.00 bits per heavy atom. The van der Waals surface area contributed by atoms with Gasteiger partial charge in [0.25, 0.3) is 0 Å². The summed E-state index contributed by atoms with van der Waals surface area (Å²) in [5.74, 6) is 0. The monoisotopic (exact) mass is 86.0 g/mol. The van der Waals surface area contributed by atoms with E-state index >= 15 is 0 Å². The van der Waals surface area contributed by atoms with Gasteiger partial charge in [-0.2, -0.15) is 0 Å². The molecule has 0 radical (unpaired) electrons. The van der Waals surface area contributed by atoms with Crippen molar-refractivity contribution >= 4 is 29.6 Å². The van der Waals surface area contributed by atoms with Gasteiger partial charge in [-0.05, 0) is 6.92 Å². The molecule has 0 saturated heterocycles. The first-order chi connectivity index (χ1) is 1.91. The van der Waals surface area contributed by atoms with E-state index in [-0.39, 0.29) is 29.6 Å². The molecule has 0 rings (SSSR count). The third-order valence-electron chi connectivity index (χ3n) is 0.129. The molecule has 0 amide bonds. The van der Waals surface area contributed by atoms with Crippen molar-refractivity contribution in [3.05, 3.63) is 0 Å². The predicted octanol–water partition coefficient (Wildman–Crippen LogP) is -0.153. The standard InChI is InChI=1S/C2H6O2.Na.H/c1-2-4-3;;/h3H,2H2,1H3;;. The second kappa shape index (κ2) is 8.87. The summed E-state index contributed by atoms with van der Waals surface area (Å²) in [5.41, 5.74) is 0. The summed E-state index contributed by atoms with van der Waals surface area (Å²) in [6.07, 6.45) is 0. The average molecular weight is 86.1 g/mol. The van der Waals surface area contributed by atoms with Crippen molar-refractivity contribution in [1.29, 1.82) is 0 Å². The first kappa shape index (κ1) is 9.33. The van der Waals surface area contributed by atoms with Crippen LogP contribution in [0.1, 0.15) is 6.92 Å². The van der Waals surface area contributed by atoms with E-state index in [4.69, 9.17) is 5.26 Å². The topological polar surface area (TPSA) is 29.5 Å². The molecule has 0 aliphatic rings. The molecule has 0 aromatic heterocycles. The molecular formula is C2H7NaO2. The van der Waals surface area contributed by atoms with Crippen LogP contribution in [0.2, 0.25) is 0 Å². The van der Waals surface area contributed by atoms with Gasteiger partial charge in [-0.25, -0.2) is 4.89 Å². The zero-order valence-corrected chi connectivity index (χ0v) is 2.56. The maximum absolute atomic E-state index is 7.38. The van der Waals surface area contributed by atoms with Gasteiger partial charge in [0.05, 0.1) is 6.61 Å². The fourth-order valence-corrected chi connectivity index (χ4v) is 0. The summed E-state index contributed by atoms with van der Waals surface area (Å²) in [6, 6.07) is 0. The Hall–Kier alpha value is 0.920. The summed E-state index contributed by atoms with van der Waals surface area (Å²) in [6.45, 7) is 2.08. The van der Waals surface area contributed by atoms with Crippen LogP contribution < -0.4 is 0 Å². The van der Waals surface area contributed by atoms with Crippen molar-refractivity contribution < 1.29 is 10.1 Å². The third-order valence-corrected chi connectivity index (χ3v) is 0.129. The molecule has 1 N–H and O–H groups in total. The molecule has 0 bridgehead atoms. The Morgan fingerprint density at radius 2 is 2.00 bits per heavy atom. The molecule has 0 fully saturated rings. The van der Waals surface area contributed by atoms with Gasteiger partial charge in [-0.1, -0.05) is 0 Å². The second-order valence-electron chi connectivity index (χ2n) is 0.418. The molecule has 0 aromatic carbocycles. The van der Waals surface area contributed by atoms with E-state index in [0.29, 0.717) is 6.61 Å². The normalized spacial score (nSPS) is 6.00. The molecule has 0 aromatic rings. The molecule has 0 spiro atoms. The summed E-state index contributed by atoms with van der Waals surface area (Å²) >= 11 is 0. The van der Waals surface area contributed by atoms with Crippen molar-refractivity contribution in [2.24, 2.45) is 0 Å². The summed E-state index contributed by atoms with van der Waals surface area (Å²) < 4.78 is 0. The van der Waals surface area contributed by atoms with Crippen molar-refractivity contribution in [2.75, 3.05) is 6.61 Å². The van der Waals surface area contributed by atoms with Crippen LogP contribution in [0, 0.1) is 0 Å². The Balaban J connectivity index is 0. The molecule has 0 aliphatic heterocycles. The van der Waals surface area contributed by atoms with Crippen LogP contribution >= 0.6 is 0 Å². The fourth-order valence-electron chi connectivity index (χ4n) is 0. The van der Waals surface area contributed by atoms with Gasteiger partial charge in [0.1, 0.15) is 0 Å². The minimum atomic E-state index is 0. The van der Waals surface area contributed by atoms with Gasteiger partial charge in [-0.15, -0.1) is 0 Å². The van der Waals surface area contributed by atoms with Gasteiger partial charge in [-0.3, -0.25) is 5.26 Å². The quantitative estimate of drug-likeness (QED) is 0.273. The van der Waals surface area contributed by atoms with E-state index in [0.717, 1.165) is 0 Å². The Bertz CT molecular complexity index is 9.61. The SMILES string of the molecule is CCOO.[NaH]. The van der Waals surface area contributed by atoms with Crippen molar-refractivity contribution in [2.45, 2.75) is 6.92 Å². The third kappa shape index (κ3) is 11.4. The Kier molecular flexibility index (Phi) is 16.5. The van der Waals surface area contributed by atoms with Crippen LogP contribution in [-0.2, 0) is 4.89 Å². The van der Waals surface area contributed by atoms with Gasteiger partial charge < -0.3 is 0 Å². The molecule has 0 saturated carbocycles. The van der Waals surface area contributed by atoms with Gasteiger partial charge in [0.2, 0.25) is 0 Å². The van der Waals surface area contributed by atoms with Gasteiger partial charge in [0.15, 0.2) is 0 Å². The van der Waals surface area contributed by atoms with E-state index < -0.39 is 0 Å². The van der Waals surface area contributed by atoms with E-state index in [1.165, 1.54) is 0 Å². The molecule has 28 valence electrons. The summed E-state index contributed by atoms with van der Waals surface area (Å²) in [4.78, 5) is 3.54.